The molecule has 94 valence electrons. The number of hydrogen-bond donors (Lipinski definition) is 3. The van der Waals surface area contributed by atoms with Crippen molar-refractivity contribution in [3.8, 4) is 0 Å². The quantitative estimate of drug-likeness (QED) is 0.728. The highest BCUT2D eigenvalue weighted by Crippen LogP contribution is 2.10. The molecule has 4 nitrogen and oxygen atoms in total. The van der Waals surface area contributed by atoms with Gasteiger partial charge in [0.2, 0.25) is 0 Å². The molecule has 0 atom stereocenters. The van der Waals surface area contributed by atoms with Crippen LogP contribution in [0.1, 0.15) is 29.8 Å². The molecule has 0 bridgehead atoms. The molecule has 0 fully saturated rings. The Labute approximate surface area is 99.1 Å². The van der Waals surface area contributed by atoms with Crippen molar-refractivity contribution in [2.75, 3.05) is 6.54 Å². The Morgan fingerprint density at radius 1 is 1.47 bits per heavy atom. The van der Waals surface area contributed by atoms with Crippen molar-refractivity contribution in [2.45, 2.75) is 26.0 Å². The van der Waals surface area contributed by atoms with Gasteiger partial charge in [0, 0.05) is 13.1 Å². The van der Waals surface area contributed by atoms with Crippen LogP contribution in [-0.2, 0) is 6.54 Å². The maximum Gasteiger partial charge on any atom is 0.338 e. The van der Waals surface area contributed by atoms with Crippen LogP contribution in [0.3, 0.4) is 0 Å². The van der Waals surface area contributed by atoms with E-state index in [1.165, 1.54) is 12.1 Å². The van der Waals surface area contributed by atoms with Gasteiger partial charge in [0.25, 0.3) is 0 Å². The molecule has 0 unspecified atom stereocenters. The second-order valence-corrected chi connectivity index (χ2v) is 4.54. The van der Waals surface area contributed by atoms with E-state index < -0.39 is 17.4 Å². The normalized spacial score (nSPS) is 11.5. The van der Waals surface area contributed by atoms with Crippen LogP contribution in [0.15, 0.2) is 18.2 Å². The number of carbonyl (C=O) groups is 1. The summed E-state index contributed by atoms with van der Waals surface area (Å²) >= 11 is 0. The lowest BCUT2D eigenvalue weighted by Gasteiger charge is -2.17. The van der Waals surface area contributed by atoms with Gasteiger partial charge in [-0.3, -0.25) is 0 Å². The zero-order valence-corrected chi connectivity index (χ0v) is 9.83. The molecule has 0 spiro atoms. The molecule has 0 aliphatic rings. The smallest absolute Gasteiger partial charge is 0.338 e. The Morgan fingerprint density at radius 3 is 2.59 bits per heavy atom. The van der Waals surface area contributed by atoms with Gasteiger partial charge in [-0.15, -0.1) is 0 Å². The van der Waals surface area contributed by atoms with Crippen LogP contribution >= 0.6 is 0 Å². The fourth-order valence-corrected chi connectivity index (χ4v) is 1.35. The molecule has 0 heterocycles. The van der Waals surface area contributed by atoms with Crippen molar-refractivity contribution in [1.82, 2.24) is 5.32 Å². The van der Waals surface area contributed by atoms with Crippen LogP contribution in [0.4, 0.5) is 4.39 Å². The highest BCUT2D eigenvalue weighted by atomic mass is 19.1. The lowest BCUT2D eigenvalue weighted by atomic mass is 10.1. The van der Waals surface area contributed by atoms with E-state index in [0.717, 1.165) is 0 Å². The molecule has 0 aliphatic heterocycles. The molecule has 1 aromatic rings. The zero-order valence-electron chi connectivity index (χ0n) is 9.83. The molecular formula is C12H16FNO3. The molecule has 5 heteroatoms. The highest BCUT2D eigenvalue weighted by Gasteiger charge is 2.12. The molecule has 0 aromatic heterocycles. The second-order valence-electron chi connectivity index (χ2n) is 4.54. The third-order valence-electron chi connectivity index (χ3n) is 2.15. The Hall–Kier alpha value is -1.46. The van der Waals surface area contributed by atoms with Gasteiger partial charge in [-0.25, -0.2) is 9.18 Å². The highest BCUT2D eigenvalue weighted by molar-refractivity contribution is 5.87. The van der Waals surface area contributed by atoms with E-state index in [9.17, 15) is 14.3 Å². The van der Waals surface area contributed by atoms with Crippen LogP contribution in [0.5, 0.6) is 0 Å². The monoisotopic (exact) mass is 241 g/mol. The molecule has 1 aromatic carbocycles. The number of hydrogen-bond acceptors (Lipinski definition) is 3. The van der Waals surface area contributed by atoms with Crippen molar-refractivity contribution in [3.05, 3.63) is 35.1 Å². The van der Waals surface area contributed by atoms with Crippen LogP contribution in [0, 0.1) is 5.82 Å². The van der Waals surface area contributed by atoms with Gasteiger partial charge >= 0.3 is 5.97 Å². The van der Waals surface area contributed by atoms with Gasteiger partial charge in [-0.05, 0) is 31.5 Å². The summed E-state index contributed by atoms with van der Waals surface area (Å²) in [5.74, 6) is -2.03. The number of carboxylic acids is 1. The summed E-state index contributed by atoms with van der Waals surface area (Å²) in [6.07, 6.45) is 0. The minimum absolute atomic E-state index is 0.337. The van der Waals surface area contributed by atoms with Crippen LogP contribution in [0.2, 0.25) is 0 Å². The Balaban J connectivity index is 2.62. The van der Waals surface area contributed by atoms with Gasteiger partial charge in [-0.1, -0.05) is 6.07 Å². The predicted molar refractivity (Wildman–Crippen MR) is 61.4 cm³/mol. The van der Waals surface area contributed by atoms with Crippen molar-refractivity contribution >= 4 is 5.97 Å². The summed E-state index contributed by atoms with van der Waals surface area (Å²) in [7, 11) is 0. The molecule has 0 saturated carbocycles. The van der Waals surface area contributed by atoms with Crippen LogP contribution < -0.4 is 5.32 Å². The number of halogens is 1. The summed E-state index contributed by atoms with van der Waals surface area (Å²) in [5, 5.41) is 21.1. The van der Waals surface area contributed by atoms with Gasteiger partial charge in [0.05, 0.1) is 11.2 Å². The number of carboxylic acid groups (broad SMARTS) is 1. The van der Waals surface area contributed by atoms with E-state index in [1.807, 2.05) is 0 Å². The number of aliphatic hydroxyl groups is 1. The van der Waals surface area contributed by atoms with Gasteiger partial charge in [0.15, 0.2) is 0 Å². The minimum atomic E-state index is -1.28. The fourth-order valence-electron chi connectivity index (χ4n) is 1.35. The topological polar surface area (TPSA) is 69.6 Å². The number of aromatic carboxylic acids is 1. The van der Waals surface area contributed by atoms with Crippen LogP contribution in [0.25, 0.3) is 0 Å². The zero-order chi connectivity index (χ0) is 13.1. The Kier molecular flexibility index (Phi) is 4.20. The predicted octanol–water partition coefficient (Wildman–Crippen LogP) is 1.38. The summed E-state index contributed by atoms with van der Waals surface area (Å²) in [4.78, 5) is 10.6. The van der Waals surface area contributed by atoms with E-state index in [-0.39, 0.29) is 5.56 Å². The van der Waals surface area contributed by atoms with Crippen molar-refractivity contribution in [2.24, 2.45) is 0 Å². The lowest BCUT2D eigenvalue weighted by Crippen LogP contribution is -2.34. The number of nitrogens with one attached hydrogen (secondary N) is 1. The maximum absolute atomic E-state index is 13.3. The van der Waals surface area contributed by atoms with Crippen molar-refractivity contribution in [3.63, 3.8) is 0 Å². The third kappa shape index (κ3) is 4.50. The SMILES string of the molecule is CC(C)(O)CNCc1ccc(C(=O)O)c(F)c1. The number of rotatable bonds is 5. The first kappa shape index (κ1) is 13.6. The molecule has 0 radical (unpaired) electrons. The summed E-state index contributed by atoms with van der Waals surface area (Å²) in [5.41, 5.74) is -0.535. The lowest BCUT2D eigenvalue weighted by molar-refractivity contribution is 0.0691. The second kappa shape index (κ2) is 5.25. The summed E-state index contributed by atoms with van der Waals surface area (Å²) in [6.45, 7) is 4.07. The van der Waals surface area contributed by atoms with E-state index >= 15 is 0 Å². The molecule has 1 rings (SSSR count). The summed E-state index contributed by atoms with van der Waals surface area (Å²) in [6, 6.07) is 3.96. The van der Waals surface area contributed by atoms with E-state index in [4.69, 9.17) is 5.11 Å². The molecule has 0 aliphatic carbocycles. The fraction of sp³-hybridized carbons (Fsp3) is 0.417. The van der Waals surface area contributed by atoms with E-state index in [1.54, 1.807) is 19.9 Å². The first-order valence-corrected chi connectivity index (χ1v) is 5.24. The van der Waals surface area contributed by atoms with Crippen LogP contribution in [-0.4, -0.2) is 28.3 Å². The molecule has 3 N–H and O–H groups in total. The average Bonchev–Trinajstić information content (AvgIpc) is 2.15. The Bertz CT molecular complexity index is 413. The third-order valence-corrected chi connectivity index (χ3v) is 2.15. The Morgan fingerprint density at radius 2 is 2.12 bits per heavy atom. The van der Waals surface area contributed by atoms with Gasteiger partial charge < -0.3 is 15.5 Å². The molecular weight excluding hydrogens is 225 g/mol. The number of benzene rings is 1. The van der Waals surface area contributed by atoms with Crippen molar-refractivity contribution < 1.29 is 19.4 Å². The van der Waals surface area contributed by atoms with Gasteiger partial charge in [-0.2, -0.15) is 0 Å². The maximum atomic E-state index is 13.3. The largest absolute Gasteiger partial charge is 0.478 e. The minimum Gasteiger partial charge on any atom is -0.478 e. The summed E-state index contributed by atoms with van der Waals surface area (Å²) < 4.78 is 13.3. The van der Waals surface area contributed by atoms with E-state index in [0.29, 0.717) is 18.7 Å². The molecule has 17 heavy (non-hydrogen) atoms. The molecule has 0 saturated heterocycles. The van der Waals surface area contributed by atoms with Crippen molar-refractivity contribution in [1.29, 1.82) is 0 Å². The average molecular weight is 241 g/mol. The standard InChI is InChI=1S/C12H16FNO3/c1-12(2,17)7-14-6-8-3-4-9(11(15)16)10(13)5-8/h3-5,14,17H,6-7H2,1-2H3,(H,15,16). The van der Waals surface area contributed by atoms with E-state index in [2.05, 4.69) is 5.32 Å². The van der Waals surface area contributed by atoms with Gasteiger partial charge in [0.1, 0.15) is 5.82 Å². The molecule has 0 amide bonds. The first-order valence-electron chi connectivity index (χ1n) is 5.24. The first-order chi connectivity index (χ1) is 7.79.